The summed E-state index contributed by atoms with van der Waals surface area (Å²) in [6, 6.07) is 3.27. The van der Waals surface area contributed by atoms with Crippen molar-refractivity contribution in [2.75, 3.05) is 25.1 Å². The number of amides is 1. The van der Waals surface area contributed by atoms with Gasteiger partial charge in [-0.25, -0.2) is 19.2 Å². The first-order valence-corrected chi connectivity index (χ1v) is 9.30. The van der Waals surface area contributed by atoms with Gasteiger partial charge in [0.05, 0.1) is 16.9 Å². The number of carbonyl (C=O) groups excluding carboxylic acids is 1. The van der Waals surface area contributed by atoms with Crippen molar-refractivity contribution in [3.63, 3.8) is 0 Å². The molecule has 1 saturated heterocycles. The van der Waals surface area contributed by atoms with E-state index >= 15 is 0 Å². The molecule has 1 aromatic carbocycles. The lowest BCUT2D eigenvalue weighted by molar-refractivity contribution is -0.142. The summed E-state index contributed by atoms with van der Waals surface area (Å²) in [7, 11) is 0. The van der Waals surface area contributed by atoms with Crippen molar-refractivity contribution in [2.45, 2.75) is 19.0 Å². The van der Waals surface area contributed by atoms with Crippen LogP contribution >= 0.6 is 11.6 Å². The van der Waals surface area contributed by atoms with Crippen LogP contribution < -0.4 is 15.4 Å². The maximum atomic E-state index is 13.4. The third-order valence-corrected chi connectivity index (χ3v) is 4.59. The number of aromatic nitrogens is 2. The van der Waals surface area contributed by atoms with Gasteiger partial charge in [-0.1, -0.05) is 11.6 Å². The second-order valence-electron chi connectivity index (χ2n) is 6.48. The van der Waals surface area contributed by atoms with E-state index in [1.807, 2.05) is 0 Å². The molecule has 0 spiro atoms. The van der Waals surface area contributed by atoms with Gasteiger partial charge in [0.1, 0.15) is 5.82 Å². The quantitative estimate of drug-likeness (QED) is 0.653. The van der Waals surface area contributed by atoms with Gasteiger partial charge < -0.3 is 20.1 Å². The molecular formula is C18H17ClF4N4O3. The van der Waals surface area contributed by atoms with Crippen LogP contribution in [-0.4, -0.2) is 35.8 Å². The van der Waals surface area contributed by atoms with E-state index in [2.05, 4.69) is 20.6 Å². The van der Waals surface area contributed by atoms with Crippen molar-refractivity contribution in [1.29, 1.82) is 0 Å². The van der Waals surface area contributed by atoms with Crippen LogP contribution in [0.4, 0.5) is 34.0 Å². The summed E-state index contributed by atoms with van der Waals surface area (Å²) in [6.07, 6.45) is -3.75. The molecule has 0 radical (unpaired) electrons. The first kappa shape index (κ1) is 22.0. The van der Waals surface area contributed by atoms with Gasteiger partial charge >= 0.3 is 12.3 Å². The van der Waals surface area contributed by atoms with E-state index in [4.69, 9.17) is 21.1 Å². The molecule has 2 aromatic rings. The van der Waals surface area contributed by atoms with Gasteiger partial charge in [-0.15, -0.1) is 0 Å². The molecule has 1 fully saturated rings. The van der Waals surface area contributed by atoms with Gasteiger partial charge in [-0.3, -0.25) is 0 Å². The second kappa shape index (κ2) is 9.43. The van der Waals surface area contributed by atoms with Crippen molar-refractivity contribution in [2.24, 2.45) is 5.92 Å². The number of hydrogen-bond acceptors (Lipinski definition) is 6. The second-order valence-corrected chi connectivity index (χ2v) is 6.89. The van der Waals surface area contributed by atoms with Crippen LogP contribution in [0.15, 0.2) is 24.4 Å². The Kier molecular flexibility index (Phi) is 6.93. The zero-order valence-electron chi connectivity index (χ0n) is 15.4. The van der Waals surface area contributed by atoms with Crippen molar-refractivity contribution in [3.8, 4) is 5.75 Å². The van der Waals surface area contributed by atoms with Crippen molar-refractivity contribution in [3.05, 3.63) is 40.9 Å². The van der Waals surface area contributed by atoms with E-state index in [-0.39, 0.29) is 23.2 Å². The average Bonchev–Trinajstić information content (AvgIpc) is 2.69. The van der Waals surface area contributed by atoms with E-state index in [0.29, 0.717) is 13.2 Å². The molecule has 1 aromatic heterocycles. The highest BCUT2D eigenvalue weighted by Gasteiger charge is 2.38. The predicted molar refractivity (Wildman–Crippen MR) is 99.3 cm³/mol. The minimum atomic E-state index is -4.91. The molecule has 30 heavy (non-hydrogen) atoms. The van der Waals surface area contributed by atoms with Gasteiger partial charge in [0, 0.05) is 19.8 Å². The minimum absolute atomic E-state index is 0.0695. The molecule has 162 valence electrons. The predicted octanol–water partition coefficient (Wildman–Crippen LogP) is 4.55. The Morgan fingerprint density at radius 1 is 1.30 bits per heavy atom. The number of halogens is 5. The zero-order valence-corrected chi connectivity index (χ0v) is 16.2. The Labute approximate surface area is 173 Å². The Morgan fingerprint density at radius 2 is 2.03 bits per heavy atom. The Hall–Kier alpha value is -2.66. The highest BCUT2D eigenvalue weighted by atomic mass is 35.5. The van der Waals surface area contributed by atoms with Crippen LogP contribution in [0.5, 0.6) is 5.75 Å². The molecule has 3 rings (SSSR count). The summed E-state index contributed by atoms with van der Waals surface area (Å²) in [5, 5.41) is 4.84. The molecule has 0 unspecified atom stereocenters. The fraction of sp³-hybridized carbons (Fsp3) is 0.389. The number of ether oxygens (including phenoxy) is 2. The third kappa shape index (κ3) is 5.92. The summed E-state index contributed by atoms with van der Waals surface area (Å²) in [5.41, 5.74) is -1.34. The number of nitrogens with one attached hydrogen (secondary N) is 2. The monoisotopic (exact) mass is 448 g/mol. The van der Waals surface area contributed by atoms with Crippen molar-refractivity contribution < 1.29 is 31.8 Å². The molecule has 0 saturated carbocycles. The van der Waals surface area contributed by atoms with Crippen LogP contribution in [-0.2, 0) is 10.9 Å². The van der Waals surface area contributed by atoms with Crippen LogP contribution in [0.3, 0.4) is 0 Å². The van der Waals surface area contributed by atoms with Gasteiger partial charge in [0.2, 0.25) is 5.95 Å². The van der Waals surface area contributed by atoms with Gasteiger partial charge in [-0.2, -0.15) is 13.2 Å². The summed E-state index contributed by atoms with van der Waals surface area (Å²) in [6.45, 7) is 1.40. The van der Waals surface area contributed by atoms with E-state index in [0.717, 1.165) is 31.2 Å². The van der Waals surface area contributed by atoms with Crippen LogP contribution in [0, 0.1) is 11.7 Å². The lowest BCUT2D eigenvalue weighted by Gasteiger charge is -2.22. The molecular weight excluding hydrogens is 432 g/mol. The molecule has 7 nitrogen and oxygen atoms in total. The number of carbonyl (C=O) groups is 1. The Balaban J connectivity index is 1.71. The molecule has 1 aliphatic rings. The number of rotatable bonds is 5. The lowest BCUT2D eigenvalue weighted by atomic mass is 10.0. The number of alkyl halides is 3. The molecule has 0 aliphatic carbocycles. The van der Waals surface area contributed by atoms with E-state index in [1.165, 1.54) is 6.07 Å². The number of anilines is 2. The summed E-state index contributed by atoms with van der Waals surface area (Å²) < 4.78 is 63.3. The first-order chi connectivity index (χ1) is 14.2. The fourth-order valence-corrected chi connectivity index (χ4v) is 2.95. The van der Waals surface area contributed by atoms with Crippen LogP contribution in [0.2, 0.25) is 5.02 Å². The molecule has 2 heterocycles. The smallest absolute Gasteiger partial charge is 0.406 e. The molecule has 0 atom stereocenters. The maximum absolute atomic E-state index is 13.4. The normalized spacial score (nSPS) is 15.0. The van der Waals surface area contributed by atoms with E-state index < -0.39 is 35.5 Å². The van der Waals surface area contributed by atoms with Gasteiger partial charge in [-0.05, 0) is 37.0 Å². The molecule has 1 amide bonds. The summed E-state index contributed by atoms with van der Waals surface area (Å²) in [4.78, 5) is 19.0. The topological polar surface area (TPSA) is 85.4 Å². The van der Waals surface area contributed by atoms with Gasteiger partial charge in [0.15, 0.2) is 11.4 Å². The summed E-state index contributed by atoms with van der Waals surface area (Å²) in [5.74, 6) is -1.75. The first-order valence-electron chi connectivity index (χ1n) is 8.92. The zero-order chi connectivity index (χ0) is 21.7. The van der Waals surface area contributed by atoms with E-state index in [1.54, 1.807) is 0 Å². The van der Waals surface area contributed by atoms with Crippen molar-refractivity contribution in [1.82, 2.24) is 15.3 Å². The minimum Gasteiger partial charge on any atom is -0.406 e. The van der Waals surface area contributed by atoms with Crippen LogP contribution in [0.1, 0.15) is 18.5 Å². The lowest BCUT2D eigenvalue weighted by Crippen LogP contribution is -2.34. The highest BCUT2D eigenvalue weighted by Crippen LogP contribution is 2.35. The molecule has 1 aliphatic heterocycles. The average molecular weight is 449 g/mol. The fourth-order valence-electron chi connectivity index (χ4n) is 2.73. The largest absolute Gasteiger partial charge is 0.437 e. The van der Waals surface area contributed by atoms with Crippen LogP contribution in [0.25, 0.3) is 0 Å². The van der Waals surface area contributed by atoms with Crippen molar-refractivity contribution >= 4 is 29.3 Å². The van der Waals surface area contributed by atoms with Gasteiger partial charge in [0.25, 0.3) is 0 Å². The maximum Gasteiger partial charge on any atom is 0.437 e. The highest BCUT2D eigenvalue weighted by molar-refractivity contribution is 6.33. The molecule has 2 N–H and O–H groups in total. The molecule has 12 heteroatoms. The Morgan fingerprint density at radius 3 is 2.70 bits per heavy atom. The number of nitrogens with zero attached hydrogens (tertiary/aromatic N) is 2. The number of benzene rings is 1. The number of hydrogen-bond donors (Lipinski definition) is 2. The SMILES string of the molecule is O=C(NCC1CCOCC1)Oc1cnc(Nc2ccc(F)cc2Cl)nc1C(F)(F)F. The summed E-state index contributed by atoms with van der Waals surface area (Å²) >= 11 is 5.84. The van der Waals surface area contributed by atoms with E-state index in [9.17, 15) is 22.4 Å². The molecule has 0 bridgehead atoms. The standard InChI is InChI=1S/C18H17ClF4N4O3/c19-12-7-11(20)1-2-13(12)26-16-24-9-14(15(27-16)18(21,22)23)30-17(28)25-8-10-3-5-29-6-4-10/h1-2,7,9-10H,3-6,8H2,(H,25,28)(H,24,26,27). The Bertz CT molecular complexity index is 907. The third-order valence-electron chi connectivity index (χ3n) is 4.28.